The van der Waals surface area contributed by atoms with E-state index in [4.69, 9.17) is 0 Å². The maximum atomic E-state index is 11.0. The number of carbonyl (C=O) groups excluding carboxylic acids is 2. The van der Waals surface area contributed by atoms with Crippen LogP contribution >= 0.6 is 0 Å². The number of imide groups is 1. The largest absolute Gasteiger partial charge is 0.294 e. The Labute approximate surface area is 70.9 Å². The third-order valence-electron chi connectivity index (χ3n) is 2.56. The predicted molar refractivity (Wildman–Crippen MR) is 42.4 cm³/mol. The molecule has 0 unspecified atom stereocenters. The first-order valence-corrected chi connectivity index (χ1v) is 4.32. The molecule has 1 aliphatic carbocycles. The summed E-state index contributed by atoms with van der Waals surface area (Å²) in [6, 6.07) is 0.486. The van der Waals surface area contributed by atoms with Crippen molar-refractivity contribution in [1.82, 2.24) is 10.2 Å². The van der Waals surface area contributed by atoms with E-state index in [2.05, 4.69) is 5.32 Å². The van der Waals surface area contributed by atoms with Crippen LogP contribution < -0.4 is 5.32 Å². The molecule has 2 amide bonds. The van der Waals surface area contributed by atoms with Gasteiger partial charge in [-0.05, 0) is 12.8 Å². The molecule has 1 aliphatic heterocycles. The Bertz CT molecular complexity index is 207. The van der Waals surface area contributed by atoms with Crippen molar-refractivity contribution in [2.45, 2.75) is 25.3 Å². The molecule has 4 nitrogen and oxygen atoms in total. The lowest BCUT2D eigenvalue weighted by Gasteiger charge is -2.38. The van der Waals surface area contributed by atoms with Gasteiger partial charge in [-0.1, -0.05) is 6.42 Å². The van der Waals surface area contributed by atoms with E-state index >= 15 is 0 Å². The normalized spacial score (nSPS) is 26.7. The van der Waals surface area contributed by atoms with Gasteiger partial charge in [0.25, 0.3) is 0 Å². The van der Waals surface area contributed by atoms with Crippen molar-refractivity contribution in [2.75, 3.05) is 13.1 Å². The lowest BCUT2D eigenvalue weighted by Crippen LogP contribution is -2.56. The minimum absolute atomic E-state index is 0.154. The second-order valence-corrected chi connectivity index (χ2v) is 3.46. The van der Waals surface area contributed by atoms with E-state index < -0.39 is 0 Å². The van der Waals surface area contributed by atoms with Crippen molar-refractivity contribution in [1.29, 1.82) is 0 Å². The van der Waals surface area contributed by atoms with Gasteiger partial charge in [0.05, 0.1) is 13.1 Å². The number of nitrogens with one attached hydrogen (secondary N) is 1. The van der Waals surface area contributed by atoms with Crippen LogP contribution in [-0.2, 0) is 9.59 Å². The van der Waals surface area contributed by atoms with Gasteiger partial charge in [-0.15, -0.1) is 0 Å². The topological polar surface area (TPSA) is 49.4 Å². The maximum Gasteiger partial charge on any atom is 0.240 e. The Morgan fingerprint density at radius 1 is 1.17 bits per heavy atom. The summed E-state index contributed by atoms with van der Waals surface area (Å²) in [6.45, 7) is 0.798. The highest BCUT2D eigenvalue weighted by atomic mass is 16.2. The van der Waals surface area contributed by atoms with Gasteiger partial charge in [0.1, 0.15) is 0 Å². The molecular weight excluding hydrogens is 156 g/mol. The van der Waals surface area contributed by atoms with Crippen LogP contribution in [0.25, 0.3) is 0 Å². The molecule has 0 bridgehead atoms. The van der Waals surface area contributed by atoms with Crippen LogP contribution in [0.1, 0.15) is 19.3 Å². The van der Waals surface area contributed by atoms with Crippen molar-refractivity contribution in [3.05, 3.63) is 0 Å². The lowest BCUT2D eigenvalue weighted by molar-refractivity contribution is -0.137. The zero-order valence-electron chi connectivity index (χ0n) is 6.88. The Kier molecular flexibility index (Phi) is 1.84. The third kappa shape index (κ3) is 1.34. The minimum atomic E-state index is -0.154. The number of carbonyl (C=O) groups is 2. The summed E-state index contributed by atoms with van der Waals surface area (Å²) in [5.74, 6) is -0.309. The molecule has 4 heteroatoms. The van der Waals surface area contributed by atoms with E-state index in [1.54, 1.807) is 0 Å². The molecule has 0 radical (unpaired) electrons. The molecule has 0 aromatic heterocycles. The molecule has 0 aromatic carbocycles. The Hall–Kier alpha value is -0.900. The Morgan fingerprint density at radius 3 is 2.17 bits per heavy atom. The number of rotatable bonds is 1. The highest BCUT2D eigenvalue weighted by Gasteiger charge is 2.31. The molecule has 66 valence electrons. The van der Waals surface area contributed by atoms with E-state index in [1.807, 2.05) is 4.90 Å². The second kappa shape index (κ2) is 2.86. The third-order valence-corrected chi connectivity index (χ3v) is 2.56. The van der Waals surface area contributed by atoms with Crippen LogP contribution in [0, 0.1) is 0 Å². The summed E-state index contributed by atoms with van der Waals surface area (Å²) in [4.78, 5) is 23.9. The fourth-order valence-electron chi connectivity index (χ4n) is 1.67. The fraction of sp³-hybridized carbons (Fsp3) is 0.750. The van der Waals surface area contributed by atoms with Gasteiger partial charge < -0.3 is 0 Å². The number of amides is 2. The lowest BCUT2D eigenvalue weighted by atomic mass is 9.91. The molecule has 0 spiro atoms. The molecule has 12 heavy (non-hydrogen) atoms. The molecule has 2 fully saturated rings. The van der Waals surface area contributed by atoms with Crippen LogP contribution in [-0.4, -0.2) is 35.8 Å². The highest BCUT2D eigenvalue weighted by molar-refractivity contribution is 5.99. The smallest absolute Gasteiger partial charge is 0.240 e. The number of piperazine rings is 1. The van der Waals surface area contributed by atoms with Crippen LogP contribution in [0.2, 0.25) is 0 Å². The molecule has 0 atom stereocenters. The van der Waals surface area contributed by atoms with Crippen molar-refractivity contribution < 1.29 is 9.59 Å². The van der Waals surface area contributed by atoms with Gasteiger partial charge in [-0.25, -0.2) is 0 Å². The number of hydrogen-bond donors (Lipinski definition) is 1. The zero-order chi connectivity index (χ0) is 8.55. The monoisotopic (exact) mass is 168 g/mol. The van der Waals surface area contributed by atoms with E-state index in [1.165, 1.54) is 6.42 Å². The Morgan fingerprint density at radius 2 is 1.75 bits per heavy atom. The SMILES string of the molecule is O=C1CN(C2CCC2)CC(=O)N1. The van der Waals surface area contributed by atoms with Gasteiger partial charge in [0.15, 0.2) is 0 Å². The molecular formula is C8H12N2O2. The van der Waals surface area contributed by atoms with E-state index in [-0.39, 0.29) is 11.8 Å². The summed E-state index contributed by atoms with van der Waals surface area (Å²) >= 11 is 0. The van der Waals surface area contributed by atoms with E-state index in [9.17, 15) is 9.59 Å². The summed E-state index contributed by atoms with van der Waals surface area (Å²) < 4.78 is 0. The summed E-state index contributed by atoms with van der Waals surface area (Å²) in [6.07, 6.45) is 3.51. The number of hydrogen-bond acceptors (Lipinski definition) is 3. The van der Waals surface area contributed by atoms with Crippen LogP contribution in [0.5, 0.6) is 0 Å². The predicted octanol–water partition coefficient (Wildman–Crippen LogP) is -0.503. The first-order valence-electron chi connectivity index (χ1n) is 4.32. The van der Waals surface area contributed by atoms with Crippen molar-refractivity contribution in [3.63, 3.8) is 0 Å². The molecule has 0 aromatic rings. The zero-order valence-corrected chi connectivity index (χ0v) is 6.88. The van der Waals surface area contributed by atoms with Gasteiger partial charge in [0.2, 0.25) is 11.8 Å². The molecule has 1 saturated carbocycles. The molecule has 2 aliphatic rings. The molecule has 1 N–H and O–H groups in total. The summed E-state index contributed by atoms with van der Waals surface area (Å²) in [7, 11) is 0. The van der Waals surface area contributed by atoms with Gasteiger partial charge >= 0.3 is 0 Å². The highest BCUT2D eigenvalue weighted by Crippen LogP contribution is 2.24. The van der Waals surface area contributed by atoms with Crippen LogP contribution in [0.15, 0.2) is 0 Å². The fourth-order valence-corrected chi connectivity index (χ4v) is 1.67. The average molecular weight is 168 g/mol. The summed E-state index contributed by atoms with van der Waals surface area (Å²) in [5.41, 5.74) is 0. The minimum Gasteiger partial charge on any atom is -0.294 e. The maximum absolute atomic E-state index is 11.0. The van der Waals surface area contributed by atoms with Crippen molar-refractivity contribution in [2.24, 2.45) is 0 Å². The van der Waals surface area contributed by atoms with Crippen LogP contribution in [0.3, 0.4) is 0 Å². The molecule has 2 rings (SSSR count). The Balaban J connectivity index is 1.96. The van der Waals surface area contributed by atoms with E-state index in [0.717, 1.165) is 12.8 Å². The average Bonchev–Trinajstić information content (AvgIpc) is 1.79. The van der Waals surface area contributed by atoms with Crippen LogP contribution in [0.4, 0.5) is 0 Å². The standard InChI is InChI=1S/C8H12N2O2/c11-7-4-10(5-8(12)9-7)6-2-1-3-6/h6H,1-5H2,(H,9,11,12). The quantitative estimate of drug-likeness (QED) is 0.537. The van der Waals surface area contributed by atoms with Crippen molar-refractivity contribution >= 4 is 11.8 Å². The second-order valence-electron chi connectivity index (χ2n) is 3.46. The van der Waals surface area contributed by atoms with Gasteiger partial charge in [0, 0.05) is 6.04 Å². The first-order chi connectivity index (χ1) is 5.75. The van der Waals surface area contributed by atoms with Crippen molar-refractivity contribution in [3.8, 4) is 0 Å². The van der Waals surface area contributed by atoms with E-state index in [0.29, 0.717) is 19.1 Å². The van der Waals surface area contributed by atoms with Gasteiger partial charge in [-0.2, -0.15) is 0 Å². The number of nitrogens with zero attached hydrogens (tertiary/aromatic N) is 1. The summed E-state index contributed by atoms with van der Waals surface area (Å²) in [5, 5.41) is 2.29. The first kappa shape index (κ1) is 7.73. The molecule has 1 heterocycles. The molecule has 1 saturated heterocycles. The van der Waals surface area contributed by atoms with Gasteiger partial charge in [-0.3, -0.25) is 19.8 Å².